The van der Waals surface area contributed by atoms with E-state index in [0.29, 0.717) is 0 Å². The van der Waals surface area contributed by atoms with Gasteiger partial charge in [0.25, 0.3) is 0 Å². The molecule has 1 saturated heterocycles. The van der Waals surface area contributed by atoms with Crippen LogP contribution in [0.25, 0.3) is 0 Å². The van der Waals surface area contributed by atoms with Crippen LogP contribution in [0.15, 0.2) is 4.99 Å². The lowest BCUT2D eigenvalue weighted by atomic mass is 9.96. The van der Waals surface area contributed by atoms with Crippen molar-refractivity contribution in [1.29, 1.82) is 0 Å². The van der Waals surface area contributed by atoms with Gasteiger partial charge in [-0.2, -0.15) is 0 Å². The van der Waals surface area contributed by atoms with E-state index >= 15 is 0 Å². The van der Waals surface area contributed by atoms with Gasteiger partial charge in [0.15, 0.2) is 0 Å². The van der Waals surface area contributed by atoms with Crippen LogP contribution in [0, 0.1) is 5.92 Å². The molecule has 0 amide bonds. The molecule has 0 bridgehead atoms. The highest BCUT2D eigenvalue weighted by molar-refractivity contribution is 5.79. The van der Waals surface area contributed by atoms with E-state index in [1.165, 1.54) is 32.1 Å². The molecule has 1 aliphatic heterocycles. The van der Waals surface area contributed by atoms with E-state index < -0.39 is 0 Å². The normalized spacial score (nSPS) is 20.9. The summed E-state index contributed by atoms with van der Waals surface area (Å²) in [4.78, 5) is 6.88. The Hall–Kier alpha value is -0.810. The second-order valence-electron chi connectivity index (χ2n) is 5.47. The SMILES string of the molecule is CCCC1CCCN(C(=NCCCOCC)NN)CC1. The summed E-state index contributed by atoms with van der Waals surface area (Å²) in [6.45, 7) is 8.74. The number of nitrogens with two attached hydrogens (primary N) is 1. The number of hydrazine groups is 1. The number of ether oxygens (including phenoxy) is 1. The van der Waals surface area contributed by atoms with Gasteiger partial charge in [-0.1, -0.05) is 19.8 Å². The van der Waals surface area contributed by atoms with Crippen LogP contribution in [0.4, 0.5) is 0 Å². The van der Waals surface area contributed by atoms with Crippen molar-refractivity contribution in [2.45, 2.75) is 52.4 Å². The average Bonchev–Trinajstić information content (AvgIpc) is 2.69. The van der Waals surface area contributed by atoms with E-state index in [1.54, 1.807) is 0 Å². The van der Waals surface area contributed by atoms with Crippen LogP contribution in [0.5, 0.6) is 0 Å². The Morgan fingerprint density at radius 3 is 2.90 bits per heavy atom. The quantitative estimate of drug-likeness (QED) is 0.247. The van der Waals surface area contributed by atoms with Gasteiger partial charge in [0.05, 0.1) is 0 Å². The molecule has 1 unspecified atom stereocenters. The van der Waals surface area contributed by atoms with Crippen molar-refractivity contribution in [1.82, 2.24) is 10.3 Å². The molecule has 1 rings (SSSR count). The smallest absolute Gasteiger partial charge is 0.208 e. The Balaban J connectivity index is 2.38. The van der Waals surface area contributed by atoms with Gasteiger partial charge in [0.1, 0.15) is 0 Å². The molecule has 0 saturated carbocycles. The highest BCUT2D eigenvalue weighted by Gasteiger charge is 2.18. The van der Waals surface area contributed by atoms with Crippen LogP contribution in [-0.4, -0.2) is 43.7 Å². The minimum Gasteiger partial charge on any atom is -0.382 e. The Kier molecular flexibility index (Phi) is 9.41. The molecule has 0 aromatic carbocycles. The van der Waals surface area contributed by atoms with Crippen molar-refractivity contribution in [2.75, 3.05) is 32.8 Å². The van der Waals surface area contributed by atoms with E-state index in [1.807, 2.05) is 6.92 Å². The van der Waals surface area contributed by atoms with Crippen LogP contribution in [0.3, 0.4) is 0 Å². The van der Waals surface area contributed by atoms with Gasteiger partial charge in [-0.3, -0.25) is 10.4 Å². The van der Waals surface area contributed by atoms with Gasteiger partial charge in [0.2, 0.25) is 5.96 Å². The molecule has 1 atom stereocenters. The summed E-state index contributed by atoms with van der Waals surface area (Å²) in [7, 11) is 0. The van der Waals surface area contributed by atoms with Crippen molar-refractivity contribution in [3.63, 3.8) is 0 Å². The summed E-state index contributed by atoms with van der Waals surface area (Å²) in [6.07, 6.45) is 7.43. The predicted molar refractivity (Wildman–Crippen MR) is 84.6 cm³/mol. The third-order valence-electron chi connectivity index (χ3n) is 3.89. The van der Waals surface area contributed by atoms with Crippen LogP contribution >= 0.6 is 0 Å². The maximum atomic E-state index is 5.64. The molecule has 118 valence electrons. The zero-order valence-corrected chi connectivity index (χ0v) is 13.2. The summed E-state index contributed by atoms with van der Waals surface area (Å²) in [6, 6.07) is 0. The molecule has 1 heterocycles. The largest absolute Gasteiger partial charge is 0.382 e. The average molecular weight is 284 g/mol. The minimum atomic E-state index is 0.772. The maximum absolute atomic E-state index is 5.64. The maximum Gasteiger partial charge on any atom is 0.208 e. The Labute approximate surface area is 123 Å². The predicted octanol–water partition coefficient (Wildman–Crippen LogP) is 2.13. The summed E-state index contributed by atoms with van der Waals surface area (Å²) in [5.74, 6) is 7.36. The number of nitrogens with zero attached hydrogens (tertiary/aromatic N) is 2. The highest BCUT2D eigenvalue weighted by Crippen LogP contribution is 2.21. The Morgan fingerprint density at radius 2 is 2.20 bits per heavy atom. The molecule has 0 aromatic rings. The molecule has 5 nitrogen and oxygen atoms in total. The minimum absolute atomic E-state index is 0.772. The molecule has 0 aromatic heterocycles. The van der Waals surface area contributed by atoms with Crippen molar-refractivity contribution >= 4 is 5.96 Å². The molecule has 0 aliphatic carbocycles. The topological polar surface area (TPSA) is 62.9 Å². The van der Waals surface area contributed by atoms with Gasteiger partial charge in [-0.05, 0) is 38.5 Å². The van der Waals surface area contributed by atoms with Gasteiger partial charge in [-0.15, -0.1) is 0 Å². The summed E-state index contributed by atoms with van der Waals surface area (Å²) < 4.78 is 5.32. The first-order valence-electron chi connectivity index (χ1n) is 8.15. The first-order chi connectivity index (χ1) is 9.81. The zero-order chi connectivity index (χ0) is 14.6. The van der Waals surface area contributed by atoms with Crippen LogP contribution < -0.4 is 11.3 Å². The molecular weight excluding hydrogens is 252 g/mol. The van der Waals surface area contributed by atoms with E-state index in [-0.39, 0.29) is 0 Å². The van der Waals surface area contributed by atoms with Crippen LogP contribution in [-0.2, 0) is 4.74 Å². The fraction of sp³-hybridized carbons (Fsp3) is 0.933. The van der Waals surface area contributed by atoms with E-state index in [4.69, 9.17) is 10.6 Å². The zero-order valence-electron chi connectivity index (χ0n) is 13.2. The van der Waals surface area contributed by atoms with E-state index in [0.717, 1.165) is 51.1 Å². The molecular formula is C15H32N4O. The first-order valence-corrected chi connectivity index (χ1v) is 8.15. The van der Waals surface area contributed by atoms with Gasteiger partial charge < -0.3 is 9.64 Å². The van der Waals surface area contributed by atoms with E-state index in [9.17, 15) is 0 Å². The third-order valence-corrected chi connectivity index (χ3v) is 3.89. The molecule has 20 heavy (non-hydrogen) atoms. The van der Waals surface area contributed by atoms with Crippen molar-refractivity contribution in [2.24, 2.45) is 16.8 Å². The Morgan fingerprint density at radius 1 is 1.35 bits per heavy atom. The van der Waals surface area contributed by atoms with Gasteiger partial charge in [0, 0.05) is 32.8 Å². The number of likely N-dealkylation sites (tertiary alicyclic amines) is 1. The van der Waals surface area contributed by atoms with Crippen molar-refractivity contribution < 1.29 is 4.74 Å². The number of hydrogen-bond acceptors (Lipinski definition) is 3. The van der Waals surface area contributed by atoms with Crippen LogP contribution in [0.1, 0.15) is 52.4 Å². The number of guanidine groups is 1. The summed E-state index contributed by atoms with van der Waals surface area (Å²) in [5, 5.41) is 0. The first kappa shape index (κ1) is 17.2. The number of nitrogens with one attached hydrogen (secondary N) is 1. The molecule has 1 aliphatic rings. The van der Waals surface area contributed by atoms with Gasteiger partial charge >= 0.3 is 0 Å². The van der Waals surface area contributed by atoms with E-state index in [2.05, 4.69) is 22.2 Å². The van der Waals surface area contributed by atoms with Crippen molar-refractivity contribution in [3.8, 4) is 0 Å². The second kappa shape index (κ2) is 10.9. The number of rotatable bonds is 7. The standard InChI is InChI=1S/C15H32N4O/c1-3-7-14-8-5-11-19(12-9-14)15(18-16)17-10-6-13-20-4-2/h14H,3-13,16H2,1-2H3,(H,17,18). The van der Waals surface area contributed by atoms with Gasteiger partial charge in [-0.25, -0.2) is 5.84 Å². The van der Waals surface area contributed by atoms with Crippen molar-refractivity contribution in [3.05, 3.63) is 0 Å². The number of aliphatic imine (C=N–C) groups is 1. The molecule has 0 radical (unpaired) electrons. The lowest BCUT2D eigenvalue weighted by Gasteiger charge is -2.23. The molecule has 1 fully saturated rings. The highest BCUT2D eigenvalue weighted by atomic mass is 16.5. The summed E-state index contributed by atoms with van der Waals surface area (Å²) >= 11 is 0. The Bertz CT molecular complexity index is 271. The molecule has 5 heteroatoms. The second-order valence-corrected chi connectivity index (χ2v) is 5.47. The monoisotopic (exact) mass is 284 g/mol. The molecule has 3 N–H and O–H groups in total. The fourth-order valence-electron chi connectivity index (χ4n) is 2.81. The third kappa shape index (κ3) is 6.57. The summed E-state index contributed by atoms with van der Waals surface area (Å²) in [5.41, 5.74) is 2.77. The van der Waals surface area contributed by atoms with Crippen LogP contribution in [0.2, 0.25) is 0 Å². The lowest BCUT2D eigenvalue weighted by Crippen LogP contribution is -2.45. The lowest BCUT2D eigenvalue weighted by molar-refractivity contribution is 0.146. The number of hydrogen-bond donors (Lipinski definition) is 2. The molecule has 0 spiro atoms. The fourth-order valence-corrected chi connectivity index (χ4v) is 2.81.